The number of rotatable bonds is 0. The molecule has 130 valence electrons. The van der Waals surface area contributed by atoms with Crippen molar-refractivity contribution >= 4 is 11.6 Å². The minimum atomic E-state index is -0.637. The number of carbonyl (C=O) groups excluding carboxylic acids is 2. The lowest BCUT2D eigenvalue weighted by molar-refractivity contribution is -0.329. The molecule has 2 saturated carbocycles. The molecule has 3 aliphatic rings. The number of ether oxygens (including phenoxy) is 2. The van der Waals surface area contributed by atoms with Crippen LogP contribution in [0.15, 0.2) is 0 Å². The molecule has 1 saturated heterocycles. The van der Waals surface area contributed by atoms with Gasteiger partial charge in [0.2, 0.25) is 0 Å². The first kappa shape index (κ1) is 17.1. The van der Waals surface area contributed by atoms with Gasteiger partial charge in [-0.1, -0.05) is 27.7 Å². The van der Waals surface area contributed by atoms with Crippen molar-refractivity contribution in [1.29, 1.82) is 0 Å². The van der Waals surface area contributed by atoms with Crippen molar-refractivity contribution < 1.29 is 19.1 Å². The Kier molecular flexibility index (Phi) is 4.00. The van der Waals surface area contributed by atoms with E-state index in [-0.39, 0.29) is 16.6 Å². The van der Waals surface area contributed by atoms with Crippen molar-refractivity contribution in [3.05, 3.63) is 0 Å². The largest absolute Gasteiger partial charge is 0.349 e. The van der Waals surface area contributed by atoms with E-state index in [1.807, 2.05) is 6.92 Å². The summed E-state index contributed by atoms with van der Waals surface area (Å²) in [6, 6.07) is 0. The minimum Gasteiger partial charge on any atom is -0.349 e. The Bertz CT molecular complexity index is 513. The van der Waals surface area contributed by atoms with Gasteiger partial charge in [0.25, 0.3) is 0 Å². The van der Waals surface area contributed by atoms with Crippen LogP contribution in [0.3, 0.4) is 0 Å². The van der Waals surface area contributed by atoms with Crippen molar-refractivity contribution in [2.75, 3.05) is 13.2 Å². The second kappa shape index (κ2) is 5.38. The lowest BCUT2D eigenvalue weighted by Gasteiger charge is -2.57. The van der Waals surface area contributed by atoms with Crippen molar-refractivity contribution in [2.24, 2.45) is 16.2 Å². The molecule has 2 atom stereocenters. The Labute approximate surface area is 139 Å². The van der Waals surface area contributed by atoms with Crippen LogP contribution in [0, 0.1) is 16.2 Å². The predicted octanol–water partition coefficient (Wildman–Crippen LogP) is 3.66. The number of hydrogen-bond donors (Lipinski definition) is 0. The van der Waals surface area contributed by atoms with Gasteiger partial charge in [0.05, 0.1) is 13.2 Å². The van der Waals surface area contributed by atoms with E-state index in [0.717, 1.165) is 12.8 Å². The average Bonchev–Trinajstić information content (AvgIpc) is 2.46. The number of carbonyl (C=O) groups is 2. The van der Waals surface area contributed by atoms with Crippen molar-refractivity contribution in [1.82, 2.24) is 0 Å². The third-order valence-corrected chi connectivity index (χ3v) is 6.53. The van der Waals surface area contributed by atoms with E-state index in [0.29, 0.717) is 51.1 Å². The molecule has 1 spiro atoms. The molecular weight excluding hydrogens is 292 g/mol. The fourth-order valence-corrected chi connectivity index (χ4v) is 4.53. The summed E-state index contributed by atoms with van der Waals surface area (Å²) in [5, 5.41) is 0. The summed E-state index contributed by atoms with van der Waals surface area (Å²) in [6.45, 7) is 9.75. The zero-order valence-electron chi connectivity index (χ0n) is 15.0. The Hall–Kier alpha value is -0.740. The molecule has 2 aliphatic carbocycles. The molecular formula is C19H30O4. The Morgan fingerprint density at radius 1 is 0.913 bits per heavy atom. The fourth-order valence-electron chi connectivity index (χ4n) is 4.53. The average molecular weight is 322 g/mol. The van der Waals surface area contributed by atoms with Crippen LogP contribution in [0.25, 0.3) is 0 Å². The van der Waals surface area contributed by atoms with Gasteiger partial charge in [-0.15, -0.1) is 0 Å². The van der Waals surface area contributed by atoms with Gasteiger partial charge >= 0.3 is 0 Å². The summed E-state index contributed by atoms with van der Waals surface area (Å²) in [7, 11) is 0. The molecule has 0 aromatic carbocycles. The van der Waals surface area contributed by atoms with Crippen LogP contribution >= 0.6 is 0 Å². The SMILES string of the molecule is CC1(C)COC2(CC[C@@]3(C)CC(=O)CCCC(=O)[C@@]3(C)C2)OC1. The van der Waals surface area contributed by atoms with Gasteiger partial charge in [-0.05, 0) is 18.3 Å². The van der Waals surface area contributed by atoms with Crippen molar-refractivity contribution in [2.45, 2.75) is 78.4 Å². The smallest absolute Gasteiger partial charge is 0.169 e. The highest BCUT2D eigenvalue weighted by atomic mass is 16.7. The van der Waals surface area contributed by atoms with E-state index < -0.39 is 11.2 Å². The summed E-state index contributed by atoms with van der Waals surface area (Å²) in [5.41, 5.74) is -0.789. The molecule has 0 bridgehead atoms. The maximum Gasteiger partial charge on any atom is 0.169 e. The zero-order valence-corrected chi connectivity index (χ0v) is 15.0. The van der Waals surface area contributed by atoms with E-state index in [1.54, 1.807) is 0 Å². The first-order chi connectivity index (χ1) is 10.6. The second-order valence-corrected chi connectivity index (χ2v) is 9.21. The minimum absolute atomic E-state index is 0.0216. The summed E-state index contributed by atoms with van der Waals surface area (Å²) in [5.74, 6) is -0.0563. The molecule has 0 aromatic rings. The molecule has 1 aliphatic heterocycles. The van der Waals surface area contributed by atoms with Crippen LogP contribution < -0.4 is 0 Å². The maximum absolute atomic E-state index is 13.0. The second-order valence-electron chi connectivity index (χ2n) is 9.21. The van der Waals surface area contributed by atoms with Crippen molar-refractivity contribution in [3.8, 4) is 0 Å². The molecule has 3 rings (SSSR count). The zero-order chi connectivity index (χ0) is 16.9. The van der Waals surface area contributed by atoms with E-state index >= 15 is 0 Å². The van der Waals surface area contributed by atoms with Gasteiger partial charge in [0.15, 0.2) is 5.79 Å². The number of ketones is 2. The third kappa shape index (κ3) is 2.89. The summed E-state index contributed by atoms with van der Waals surface area (Å²) >= 11 is 0. The number of Topliss-reactive ketones (excluding diaryl/α,β-unsaturated/α-hetero) is 2. The summed E-state index contributed by atoms with van der Waals surface area (Å²) < 4.78 is 12.3. The Balaban J connectivity index is 1.89. The molecule has 0 N–H and O–H groups in total. The lowest BCUT2D eigenvalue weighted by atomic mass is 9.51. The topological polar surface area (TPSA) is 52.6 Å². The van der Waals surface area contributed by atoms with Crippen LogP contribution in [-0.2, 0) is 19.1 Å². The van der Waals surface area contributed by atoms with Crippen LogP contribution in [0.4, 0.5) is 0 Å². The highest BCUT2D eigenvalue weighted by Gasteiger charge is 2.60. The molecule has 0 radical (unpaired) electrons. The van der Waals surface area contributed by atoms with E-state index in [2.05, 4.69) is 20.8 Å². The Morgan fingerprint density at radius 3 is 2.22 bits per heavy atom. The highest BCUT2D eigenvalue weighted by molar-refractivity contribution is 5.89. The van der Waals surface area contributed by atoms with Gasteiger partial charge in [-0.2, -0.15) is 0 Å². The summed E-state index contributed by atoms with van der Waals surface area (Å²) in [6.07, 6.45) is 4.40. The molecule has 4 nitrogen and oxygen atoms in total. The van der Waals surface area contributed by atoms with Crippen LogP contribution in [0.5, 0.6) is 0 Å². The van der Waals surface area contributed by atoms with Crippen molar-refractivity contribution in [3.63, 3.8) is 0 Å². The highest BCUT2D eigenvalue weighted by Crippen LogP contribution is 2.59. The van der Waals surface area contributed by atoms with Gasteiger partial charge in [0.1, 0.15) is 11.6 Å². The van der Waals surface area contributed by atoms with Gasteiger partial charge in [-0.3, -0.25) is 9.59 Å². The van der Waals surface area contributed by atoms with E-state index in [9.17, 15) is 9.59 Å². The van der Waals surface area contributed by atoms with Gasteiger partial charge in [-0.25, -0.2) is 0 Å². The van der Waals surface area contributed by atoms with Gasteiger partial charge < -0.3 is 9.47 Å². The van der Waals surface area contributed by atoms with Crippen LogP contribution in [0.2, 0.25) is 0 Å². The summed E-state index contributed by atoms with van der Waals surface area (Å²) in [4.78, 5) is 25.2. The monoisotopic (exact) mass is 322 g/mol. The van der Waals surface area contributed by atoms with Crippen LogP contribution in [-0.4, -0.2) is 30.6 Å². The number of fused-ring (bicyclic) bond motifs is 1. The molecule has 0 aromatic heterocycles. The quantitative estimate of drug-likeness (QED) is 0.683. The maximum atomic E-state index is 13.0. The lowest BCUT2D eigenvalue weighted by Crippen LogP contribution is -2.59. The normalized spacial score (nSPS) is 40.3. The molecule has 1 heterocycles. The molecule has 23 heavy (non-hydrogen) atoms. The Morgan fingerprint density at radius 2 is 1.57 bits per heavy atom. The molecule has 4 heteroatoms. The standard InChI is InChI=1S/C19H30O4/c1-16(2)12-22-19(23-13-16)9-8-17(3)10-14(20)6-5-7-15(21)18(17,4)11-19/h5-13H2,1-4H3/t17-,18+/m0/s1. The number of hydrogen-bond acceptors (Lipinski definition) is 4. The fraction of sp³-hybridized carbons (Fsp3) is 0.895. The molecule has 0 unspecified atom stereocenters. The van der Waals surface area contributed by atoms with Crippen LogP contribution in [0.1, 0.15) is 72.6 Å². The van der Waals surface area contributed by atoms with Gasteiger partial charge in [0, 0.05) is 42.9 Å². The van der Waals surface area contributed by atoms with E-state index in [4.69, 9.17) is 9.47 Å². The first-order valence-electron chi connectivity index (χ1n) is 8.93. The predicted molar refractivity (Wildman–Crippen MR) is 87.0 cm³/mol. The third-order valence-electron chi connectivity index (χ3n) is 6.53. The molecule has 0 amide bonds. The first-order valence-corrected chi connectivity index (χ1v) is 8.93. The van der Waals surface area contributed by atoms with E-state index in [1.165, 1.54) is 0 Å². The molecule has 3 fully saturated rings.